The molecule has 0 saturated carbocycles. The summed E-state index contributed by atoms with van der Waals surface area (Å²) in [5.41, 5.74) is 3.41. The van der Waals surface area contributed by atoms with Crippen molar-refractivity contribution in [3.8, 4) is 10.4 Å². The van der Waals surface area contributed by atoms with Gasteiger partial charge in [0.15, 0.2) is 6.10 Å². The smallest absolute Gasteiger partial charge is 0.335 e. The summed E-state index contributed by atoms with van der Waals surface area (Å²) in [6.45, 7) is 1.95. The Bertz CT molecular complexity index is 1110. The monoisotopic (exact) mass is 458 g/mol. The van der Waals surface area contributed by atoms with Gasteiger partial charge in [0, 0.05) is 16.2 Å². The standard InChI is InChI=1S/C24H23FO6S/c1-12-2-3-14(22-20(27)19(26)21(28)23(31-22)24(29)30)10-15(12)11-17-8-9-18(32-17)13-4-6-16(25)7-5-13/h2-10,19-23,26-28H,11H2,1H3,(H,29,30)/t19-,20-,21+,22?,23+/m1/s1. The van der Waals surface area contributed by atoms with Crippen LogP contribution < -0.4 is 0 Å². The highest BCUT2D eigenvalue weighted by atomic mass is 32.1. The van der Waals surface area contributed by atoms with Gasteiger partial charge in [0.05, 0.1) is 0 Å². The minimum atomic E-state index is -1.72. The number of thiophene rings is 1. The largest absolute Gasteiger partial charge is 0.479 e. The van der Waals surface area contributed by atoms with E-state index in [-0.39, 0.29) is 5.82 Å². The van der Waals surface area contributed by atoms with E-state index < -0.39 is 36.5 Å². The molecule has 1 aliphatic heterocycles. The van der Waals surface area contributed by atoms with Crippen molar-refractivity contribution >= 4 is 17.3 Å². The Hall–Kier alpha value is -2.62. The highest BCUT2D eigenvalue weighted by Gasteiger charge is 2.47. The van der Waals surface area contributed by atoms with Crippen molar-refractivity contribution in [3.63, 3.8) is 0 Å². The molecule has 3 aromatic rings. The second-order valence-electron chi connectivity index (χ2n) is 7.92. The summed E-state index contributed by atoms with van der Waals surface area (Å²) in [6, 6.07) is 15.7. The molecule has 0 aliphatic carbocycles. The Morgan fingerprint density at radius 3 is 2.41 bits per heavy atom. The van der Waals surface area contributed by atoms with Gasteiger partial charge in [0.2, 0.25) is 0 Å². The molecule has 2 heterocycles. The van der Waals surface area contributed by atoms with E-state index in [0.29, 0.717) is 12.0 Å². The van der Waals surface area contributed by atoms with E-state index in [1.54, 1.807) is 29.5 Å². The van der Waals surface area contributed by atoms with E-state index in [9.17, 15) is 29.6 Å². The molecule has 4 N–H and O–H groups in total. The van der Waals surface area contributed by atoms with E-state index in [1.807, 2.05) is 31.2 Å². The van der Waals surface area contributed by atoms with Gasteiger partial charge < -0.3 is 25.2 Å². The lowest BCUT2D eigenvalue weighted by atomic mass is 9.89. The lowest BCUT2D eigenvalue weighted by Crippen LogP contribution is -2.56. The molecule has 1 saturated heterocycles. The van der Waals surface area contributed by atoms with Gasteiger partial charge in [-0.25, -0.2) is 9.18 Å². The minimum Gasteiger partial charge on any atom is -0.479 e. The summed E-state index contributed by atoms with van der Waals surface area (Å²) in [4.78, 5) is 13.5. The molecule has 0 amide bonds. The van der Waals surface area contributed by atoms with Crippen LogP contribution in [0.15, 0.2) is 54.6 Å². The van der Waals surface area contributed by atoms with Gasteiger partial charge in [-0.1, -0.05) is 30.3 Å². The van der Waals surface area contributed by atoms with Crippen LogP contribution in [0.5, 0.6) is 0 Å². The molecule has 32 heavy (non-hydrogen) atoms. The lowest BCUT2D eigenvalue weighted by Gasteiger charge is -2.39. The number of ether oxygens (including phenoxy) is 1. The molecule has 1 fully saturated rings. The zero-order chi connectivity index (χ0) is 23.0. The third-order valence-electron chi connectivity index (χ3n) is 5.71. The van der Waals surface area contributed by atoms with Crippen LogP contribution in [-0.2, 0) is 16.0 Å². The Kier molecular flexibility index (Phi) is 6.41. The topological polar surface area (TPSA) is 107 Å². The van der Waals surface area contributed by atoms with Crippen LogP contribution in [0.3, 0.4) is 0 Å². The molecule has 0 radical (unpaired) electrons. The van der Waals surface area contributed by atoms with Gasteiger partial charge in [-0.2, -0.15) is 0 Å². The summed E-state index contributed by atoms with van der Waals surface area (Å²) in [7, 11) is 0. The molecule has 2 aromatic carbocycles. The average molecular weight is 459 g/mol. The summed E-state index contributed by atoms with van der Waals surface area (Å²) >= 11 is 1.59. The van der Waals surface area contributed by atoms with Crippen molar-refractivity contribution in [2.24, 2.45) is 0 Å². The highest BCUT2D eigenvalue weighted by Crippen LogP contribution is 2.35. The van der Waals surface area contributed by atoms with E-state index in [4.69, 9.17) is 4.74 Å². The fourth-order valence-corrected chi connectivity index (χ4v) is 4.88. The molecule has 8 heteroatoms. The van der Waals surface area contributed by atoms with Crippen LogP contribution >= 0.6 is 11.3 Å². The Balaban J connectivity index is 1.58. The molecule has 0 bridgehead atoms. The van der Waals surface area contributed by atoms with Crippen molar-refractivity contribution in [1.29, 1.82) is 0 Å². The number of benzene rings is 2. The summed E-state index contributed by atoms with van der Waals surface area (Å²) in [6.07, 6.45) is -6.97. The number of rotatable bonds is 5. The summed E-state index contributed by atoms with van der Waals surface area (Å²) in [5, 5.41) is 39.7. The minimum absolute atomic E-state index is 0.284. The van der Waals surface area contributed by atoms with Crippen LogP contribution in [-0.4, -0.2) is 50.8 Å². The zero-order valence-electron chi connectivity index (χ0n) is 17.2. The summed E-state index contributed by atoms with van der Waals surface area (Å²) < 4.78 is 18.6. The fraction of sp³-hybridized carbons (Fsp3) is 0.292. The highest BCUT2D eigenvalue weighted by molar-refractivity contribution is 7.15. The number of hydrogen-bond acceptors (Lipinski definition) is 6. The quantitative estimate of drug-likeness (QED) is 0.468. The van der Waals surface area contributed by atoms with E-state index in [1.165, 1.54) is 12.1 Å². The second-order valence-corrected chi connectivity index (χ2v) is 9.09. The van der Waals surface area contributed by atoms with Crippen molar-refractivity contribution in [2.45, 2.75) is 43.9 Å². The van der Waals surface area contributed by atoms with Gasteiger partial charge in [0.25, 0.3) is 0 Å². The molecule has 4 rings (SSSR count). The number of hydrogen-bond donors (Lipinski definition) is 4. The molecular weight excluding hydrogens is 435 g/mol. The molecule has 1 aromatic heterocycles. The Morgan fingerprint density at radius 1 is 1.00 bits per heavy atom. The number of halogens is 1. The van der Waals surface area contributed by atoms with Gasteiger partial charge >= 0.3 is 5.97 Å². The first-order valence-electron chi connectivity index (χ1n) is 10.1. The third-order valence-corrected chi connectivity index (χ3v) is 6.85. The van der Waals surface area contributed by atoms with E-state index in [2.05, 4.69) is 0 Å². The number of aliphatic carboxylic acids is 1. The zero-order valence-corrected chi connectivity index (χ0v) is 18.0. The molecule has 168 valence electrons. The predicted molar refractivity (Wildman–Crippen MR) is 117 cm³/mol. The van der Waals surface area contributed by atoms with Crippen LogP contribution in [0.1, 0.15) is 27.7 Å². The van der Waals surface area contributed by atoms with Gasteiger partial charge in [-0.05, 0) is 53.4 Å². The van der Waals surface area contributed by atoms with Gasteiger partial charge in [-0.15, -0.1) is 11.3 Å². The number of aliphatic hydroxyl groups is 3. The van der Waals surface area contributed by atoms with E-state index in [0.717, 1.165) is 26.4 Å². The molecule has 1 aliphatic rings. The first-order valence-corrected chi connectivity index (χ1v) is 10.9. The average Bonchev–Trinajstić information content (AvgIpc) is 3.23. The summed E-state index contributed by atoms with van der Waals surface area (Å²) in [5.74, 6) is -1.69. The SMILES string of the molecule is Cc1ccc(C2O[C@H](C(=O)O)[C@@H](O)[C@H](O)[C@H]2O)cc1Cc1ccc(-c2ccc(F)cc2)s1. The lowest BCUT2D eigenvalue weighted by molar-refractivity contribution is -0.229. The van der Waals surface area contributed by atoms with Crippen molar-refractivity contribution < 1.29 is 34.3 Å². The predicted octanol–water partition coefficient (Wildman–Crippen LogP) is 3.06. The van der Waals surface area contributed by atoms with E-state index >= 15 is 0 Å². The maximum atomic E-state index is 13.2. The van der Waals surface area contributed by atoms with Crippen LogP contribution in [0.2, 0.25) is 0 Å². The first-order chi connectivity index (χ1) is 15.2. The van der Waals surface area contributed by atoms with Crippen molar-refractivity contribution in [1.82, 2.24) is 0 Å². The molecular formula is C24H23FO6S. The van der Waals surface area contributed by atoms with Gasteiger partial charge in [-0.3, -0.25) is 0 Å². The second kappa shape index (κ2) is 9.09. The van der Waals surface area contributed by atoms with Crippen molar-refractivity contribution in [2.75, 3.05) is 0 Å². The number of carboxylic acids is 1. The number of carboxylic acid groups (broad SMARTS) is 1. The van der Waals surface area contributed by atoms with Crippen LogP contribution in [0, 0.1) is 12.7 Å². The normalized spacial score (nSPS) is 25.6. The molecule has 6 nitrogen and oxygen atoms in total. The number of aliphatic hydroxyl groups excluding tert-OH is 3. The van der Waals surface area contributed by atoms with Crippen molar-refractivity contribution in [3.05, 3.63) is 82.0 Å². The fourth-order valence-electron chi connectivity index (χ4n) is 3.85. The van der Waals surface area contributed by atoms with Crippen LogP contribution in [0.4, 0.5) is 4.39 Å². The number of carbonyl (C=O) groups is 1. The first kappa shape index (κ1) is 22.6. The Labute approximate surface area is 188 Å². The third kappa shape index (κ3) is 4.46. The maximum absolute atomic E-state index is 13.2. The molecule has 1 unspecified atom stereocenters. The maximum Gasteiger partial charge on any atom is 0.335 e. The molecule has 0 spiro atoms. The number of aryl methyl sites for hydroxylation is 1. The van der Waals surface area contributed by atoms with Crippen LogP contribution in [0.25, 0.3) is 10.4 Å². The molecule has 5 atom stereocenters. The Morgan fingerprint density at radius 2 is 1.72 bits per heavy atom. The van der Waals surface area contributed by atoms with Gasteiger partial charge in [0.1, 0.15) is 30.2 Å².